The minimum absolute atomic E-state index is 0.0308. The van der Waals surface area contributed by atoms with Gasteiger partial charge >= 0.3 is 6.09 Å². The van der Waals surface area contributed by atoms with Gasteiger partial charge < -0.3 is 15.8 Å². The molecule has 1 aliphatic carbocycles. The maximum atomic E-state index is 12.2. The first-order chi connectivity index (χ1) is 15.1. The number of ether oxygens (including phenoxy) is 1. The number of alkyl carbamates (subject to hydrolysis) is 1. The lowest BCUT2D eigenvalue weighted by atomic mass is 9.98. The molecule has 2 amide bonds. The molecule has 3 N–H and O–H groups in total. The highest BCUT2D eigenvalue weighted by atomic mass is 16.5. The molecule has 31 heavy (non-hydrogen) atoms. The van der Waals surface area contributed by atoms with Gasteiger partial charge in [-0.3, -0.25) is 4.79 Å². The third-order valence-corrected chi connectivity index (χ3v) is 5.28. The number of benzene rings is 3. The predicted molar refractivity (Wildman–Crippen MR) is 120 cm³/mol. The lowest BCUT2D eigenvalue weighted by Gasteiger charge is -2.14. The van der Waals surface area contributed by atoms with Crippen LogP contribution in [0.25, 0.3) is 11.1 Å². The minimum Gasteiger partial charge on any atom is -0.449 e. The number of primary amides is 1. The number of nitrogens with two attached hydrogens (primary N) is 1. The van der Waals surface area contributed by atoms with Crippen molar-refractivity contribution in [2.45, 2.75) is 12.3 Å². The van der Waals surface area contributed by atoms with Crippen LogP contribution < -0.4 is 11.1 Å². The first kappa shape index (κ1) is 20.2. The van der Waals surface area contributed by atoms with Crippen LogP contribution in [0.3, 0.4) is 0 Å². The smallest absolute Gasteiger partial charge is 0.407 e. The average molecular weight is 410 g/mol. The molecule has 1 aliphatic rings. The number of hydrogen-bond donors (Lipinski definition) is 2. The van der Waals surface area contributed by atoms with Crippen LogP contribution in [0.5, 0.6) is 0 Å². The van der Waals surface area contributed by atoms with Crippen LogP contribution in [0.4, 0.5) is 4.79 Å². The highest BCUT2D eigenvalue weighted by Crippen LogP contribution is 2.44. The molecular formula is C26H22N2O3. The van der Waals surface area contributed by atoms with Gasteiger partial charge in [0.15, 0.2) is 0 Å². The minimum atomic E-state index is -0.512. The van der Waals surface area contributed by atoms with Crippen LogP contribution in [-0.4, -0.2) is 25.2 Å². The molecule has 154 valence electrons. The highest BCUT2D eigenvalue weighted by molar-refractivity contribution is 5.95. The Balaban J connectivity index is 1.30. The van der Waals surface area contributed by atoms with E-state index in [9.17, 15) is 9.59 Å². The van der Waals surface area contributed by atoms with Crippen LogP contribution in [-0.2, 0) is 4.74 Å². The van der Waals surface area contributed by atoms with Gasteiger partial charge in [0.1, 0.15) is 6.61 Å². The van der Waals surface area contributed by atoms with E-state index in [1.54, 1.807) is 24.3 Å². The Kier molecular flexibility index (Phi) is 6.00. The number of hydrogen-bond acceptors (Lipinski definition) is 3. The second-order valence-corrected chi connectivity index (χ2v) is 7.21. The summed E-state index contributed by atoms with van der Waals surface area (Å²) in [6.45, 7) is 0.625. The molecule has 0 saturated carbocycles. The van der Waals surface area contributed by atoms with Crippen molar-refractivity contribution in [1.82, 2.24) is 5.32 Å². The second kappa shape index (κ2) is 9.19. The van der Waals surface area contributed by atoms with Crippen molar-refractivity contribution < 1.29 is 14.3 Å². The van der Waals surface area contributed by atoms with Gasteiger partial charge in [0.25, 0.3) is 0 Å². The normalized spacial score (nSPS) is 11.6. The molecule has 3 aromatic rings. The average Bonchev–Trinajstić information content (AvgIpc) is 3.11. The summed E-state index contributed by atoms with van der Waals surface area (Å²) in [6.07, 6.45) is -0.0432. The van der Waals surface area contributed by atoms with Gasteiger partial charge in [0.05, 0.1) is 5.56 Å². The summed E-state index contributed by atoms with van der Waals surface area (Å²) >= 11 is 0. The van der Waals surface area contributed by atoms with Crippen molar-refractivity contribution in [2.24, 2.45) is 5.73 Å². The number of nitrogens with one attached hydrogen (secondary N) is 1. The quantitative estimate of drug-likeness (QED) is 0.492. The maximum absolute atomic E-state index is 12.2. The van der Waals surface area contributed by atoms with E-state index in [4.69, 9.17) is 10.5 Å². The highest BCUT2D eigenvalue weighted by Gasteiger charge is 2.28. The molecule has 5 nitrogen and oxygen atoms in total. The van der Waals surface area contributed by atoms with Gasteiger partial charge in [0, 0.05) is 24.4 Å². The van der Waals surface area contributed by atoms with Crippen LogP contribution in [0.1, 0.15) is 39.4 Å². The van der Waals surface area contributed by atoms with Crippen LogP contribution in [0, 0.1) is 11.8 Å². The Bertz CT molecular complexity index is 1140. The number of amides is 2. The Hall–Kier alpha value is -4.04. The molecule has 0 unspecified atom stereocenters. The zero-order chi connectivity index (χ0) is 21.6. The van der Waals surface area contributed by atoms with Crippen LogP contribution in [0.2, 0.25) is 0 Å². The van der Waals surface area contributed by atoms with E-state index in [-0.39, 0.29) is 12.5 Å². The lowest BCUT2D eigenvalue weighted by Crippen LogP contribution is -2.26. The summed E-state index contributed by atoms with van der Waals surface area (Å²) in [5, 5.41) is 2.72. The monoisotopic (exact) mass is 410 g/mol. The van der Waals surface area contributed by atoms with Crippen molar-refractivity contribution >= 4 is 12.0 Å². The van der Waals surface area contributed by atoms with Gasteiger partial charge in [-0.2, -0.15) is 0 Å². The van der Waals surface area contributed by atoms with Crippen molar-refractivity contribution in [3.05, 3.63) is 95.1 Å². The summed E-state index contributed by atoms with van der Waals surface area (Å²) in [7, 11) is 0. The first-order valence-electron chi connectivity index (χ1n) is 10.1. The van der Waals surface area contributed by atoms with E-state index in [1.807, 2.05) is 24.3 Å². The van der Waals surface area contributed by atoms with Crippen molar-refractivity contribution in [2.75, 3.05) is 13.2 Å². The zero-order valence-electron chi connectivity index (χ0n) is 16.9. The zero-order valence-corrected chi connectivity index (χ0v) is 16.9. The topological polar surface area (TPSA) is 81.4 Å². The first-order valence-corrected chi connectivity index (χ1v) is 10.1. The Labute approximate surface area is 181 Å². The van der Waals surface area contributed by atoms with E-state index in [0.717, 1.165) is 0 Å². The molecule has 0 bridgehead atoms. The third kappa shape index (κ3) is 4.44. The maximum Gasteiger partial charge on any atom is 0.407 e. The molecule has 4 rings (SSSR count). The summed E-state index contributed by atoms with van der Waals surface area (Å²) in [5.41, 5.74) is 11.1. The van der Waals surface area contributed by atoms with Gasteiger partial charge in [-0.05, 0) is 34.4 Å². The molecular weight excluding hydrogens is 388 g/mol. The molecule has 0 heterocycles. The summed E-state index contributed by atoms with van der Waals surface area (Å²) in [4.78, 5) is 23.6. The fourth-order valence-corrected chi connectivity index (χ4v) is 3.84. The second-order valence-electron chi connectivity index (χ2n) is 7.21. The Morgan fingerprint density at radius 3 is 2.19 bits per heavy atom. The number of fused-ring (bicyclic) bond motifs is 3. The van der Waals surface area contributed by atoms with E-state index in [1.165, 1.54) is 22.3 Å². The molecule has 3 aromatic carbocycles. The molecule has 0 atom stereocenters. The van der Waals surface area contributed by atoms with Gasteiger partial charge in [-0.1, -0.05) is 72.5 Å². The van der Waals surface area contributed by atoms with Crippen LogP contribution >= 0.6 is 0 Å². The summed E-state index contributed by atoms with van der Waals surface area (Å²) in [5.74, 6) is 5.39. The SMILES string of the molecule is NC(=O)c1ccccc1C#CCCNC(=O)OCC1c2ccccc2-c2ccccc21. The van der Waals surface area contributed by atoms with Crippen molar-refractivity contribution in [3.63, 3.8) is 0 Å². The van der Waals surface area contributed by atoms with E-state index in [2.05, 4.69) is 41.4 Å². The third-order valence-electron chi connectivity index (χ3n) is 5.28. The van der Waals surface area contributed by atoms with Gasteiger partial charge in [-0.15, -0.1) is 0 Å². The lowest BCUT2D eigenvalue weighted by molar-refractivity contribution is 0.1000. The molecule has 0 saturated heterocycles. The van der Waals surface area contributed by atoms with Gasteiger partial charge in [0.2, 0.25) is 5.91 Å². The van der Waals surface area contributed by atoms with Crippen molar-refractivity contribution in [1.29, 1.82) is 0 Å². The molecule has 5 heteroatoms. The Morgan fingerprint density at radius 1 is 0.903 bits per heavy atom. The Morgan fingerprint density at radius 2 is 1.52 bits per heavy atom. The van der Waals surface area contributed by atoms with Crippen LogP contribution in [0.15, 0.2) is 72.8 Å². The summed E-state index contributed by atoms with van der Waals surface area (Å²) < 4.78 is 5.50. The summed E-state index contributed by atoms with van der Waals surface area (Å²) in [6, 6.07) is 23.3. The molecule has 0 aromatic heterocycles. The molecule has 0 fully saturated rings. The standard InChI is InChI=1S/C26H22N2O3/c27-25(29)19-11-2-1-9-18(19)10-7-8-16-28-26(30)31-17-24-22-14-5-3-12-20(22)21-13-4-6-15-23(21)24/h1-6,9,11-15,24H,8,16-17H2,(H2,27,29)(H,28,30). The van der Waals surface area contributed by atoms with E-state index in [0.29, 0.717) is 24.1 Å². The fourth-order valence-electron chi connectivity index (χ4n) is 3.84. The van der Waals surface area contributed by atoms with Gasteiger partial charge in [-0.25, -0.2) is 4.79 Å². The molecule has 0 aliphatic heterocycles. The van der Waals surface area contributed by atoms with Crippen molar-refractivity contribution in [3.8, 4) is 23.0 Å². The number of rotatable bonds is 5. The number of carbonyl (C=O) groups is 2. The molecule has 0 spiro atoms. The largest absolute Gasteiger partial charge is 0.449 e. The molecule has 0 radical (unpaired) electrons. The van der Waals surface area contributed by atoms with E-state index >= 15 is 0 Å². The van der Waals surface area contributed by atoms with E-state index < -0.39 is 12.0 Å². The predicted octanol–water partition coefficient (Wildman–Crippen LogP) is 4.07. The number of carbonyl (C=O) groups excluding carboxylic acids is 2. The fraction of sp³-hybridized carbons (Fsp3) is 0.154.